The summed E-state index contributed by atoms with van der Waals surface area (Å²) in [6.45, 7) is 24.6. The van der Waals surface area contributed by atoms with E-state index in [0.29, 0.717) is 56.0 Å². The fraction of sp³-hybridized carbons (Fsp3) is 0.895. The first kappa shape index (κ1) is 52.9. The third kappa shape index (κ3) is 16.9. The molecular formula is C57H101NO5. The monoisotopic (exact) mass is 880 g/mol. The highest BCUT2D eigenvalue weighted by atomic mass is 16.6. The van der Waals surface area contributed by atoms with Crippen molar-refractivity contribution in [2.24, 2.45) is 46.3 Å². The lowest BCUT2D eigenvalue weighted by atomic mass is 9.47. The zero-order chi connectivity index (χ0) is 44.8. The molecule has 6 heteroatoms. The van der Waals surface area contributed by atoms with Crippen molar-refractivity contribution in [2.45, 2.75) is 214 Å². The molecule has 4 aliphatic carbocycles. The van der Waals surface area contributed by atoms with Gasteiger partial charge in [-0.05, 0) is 143 Å². The summed E-state index contributed by atoms with van der Waals surface area (Å²) in [7, 11) is 0. The van der Waals surface area contributed by atoms with Crippen molar-refractivity contribution in [1.29, 1.82) is 0 Å². The van der Waals surface area contributed by atoms with Gasteiger partial charge in [-0.3, -0.25) is 4.90 Å². The molecule has 6 nitrogen and oxygen atoms in total. The van der Waals surface area contributed by atoms with Crippen LogP contribution in [0.5, 0.6) is 0 Å². The summed E-state index contributed by atoms with van der Waals surface area (Å²) in [6, 6.07) is 0.408. The molecule has 1 saturated heterocycles. The van der Waals surface area contributed by atoms with Gasteiger partial charge < -0.3 is 23.7 Å². The van der Waals surface area contributed by atoms with Crippen LogP contribution in [-0.4, -0.2) is 89.1 Å². The fourth-order valence-corrected chi connectivity index (χ4v) is 13.3. The summed E-state index contributed by atoms with van der Waals surface area (Å²) < 4.78 is 31.0. The quantitative estimate of drug-likeness (QED) is 0.0496. The number of nitrogens with zero attached hydrogens (tertiary/aromatic N) is 1. The maximum Gasteiger partial charge on any atom is 0.0936 e. The number of morpholine rings is 1. The zero-order valence-corrected chi connectivity index (χ0v) is 42.4. The summed E-state index contributed by atoms with van der Waals surface area (Å²) in [6.07, 6.45) is 42.7. The van der Waals surface area contributed by atoms with Crippen LogP contribution in [0.25, 0.3) is 0 Å². The summed E-state index contributed by atoms with van der Waals surface area (Å²) >= 11 is 0. The van der Waals surface area contributed by atoms with Crippen LogP contribution in [0.4, 0.5) is 0 Å². The van der Waals surface area contributed by atoms with Crippen LogP contribution in [-0.2, 0) is 23.7 Å². The van der Waals surface area contributed by atoms with Gasteiger partial charge >= 0.3 is 0 Å². The number of unbranched alkanes of at least 4 members (excludes halogenated alkanes) is 9. The van der Waals surface area contributed by atoms with E-state index in [9.17, 15) is 0 Å². The number of ether oxygens (including phenoxy) is 5. The van der Waals surface area contributed by atoms with Crippen molar-refractivity contribution in [2.75, 3.05) is 65.9 Å². The standard InChI is InChI=1S/C57H101NO5/c1-8-9-10-11-12-13-14-15-16-17-18-19-20-21-22-23-36-60-45-51(43-58-35-37-61-44-48(58)5)63-41-39-59-38-40-62-50-31-33-56(6)49(42-50)27-28-52-54-30-29-53(47(4)26-24-25-46(2)3)57(54,7)34-32-55(52)56/h12-13,15-16,27,46-48,50-55H,8-11,14,17-26,28-45H2,1-7H3/t47-,48+,50+,51+,52?,53-,54+,55+,56+,57-/m1/s1. The molecule has 1 heterocycles. The predicted octanol–water partition coefficient (Wildman–Crippen LogP) is 14.4. The molecule has 0 aromatic rings. The van der Waals surface area contributed by atoms with Crippen LogP contribution in [0.1, 0.15) is 196 Å². The zero-order valence-electron chi connectivity index (χ0n) is 42.4. The van der Waals surface area contributed by atoms with E-state index in [1.165, 1.54) is 128 Å². The van der Waals surface area contributed by atoms with E-state index >= 15 is 0 Å². The van der Waals surface area contributed by atoms with Gasteiger partial charge in [0.2, 0.25) is 0 Å². The Labute approximate surface area is 389 Å². The molecule has 0 radical (unpaired) electrons. The molecule has 0 bridgehead atoms. The third-order valence-corrected chi connectivity index (χ3v) is 17.2. The van der Waals surface area contributed by atoms with E-state index in [4.69, 9.17) is 23.7 Å². The molecule has 10 atom stereocenters. The van der Waals surface area contributed by atoms with Crippen molar-refractivity contribution in [3.8, 4) is 0 Å². The molecule has 5 rings (SSSR count). The van der Waals surface area contributed by atoms with Gasteiger partial charge in [-0.1, -0.05) is 135 Å². The van der Waals surface area contributed by atoms with Crippen LogP contribution in [0.3, 0.4) is 0 Å². The molecule has 0 aromatic carbocycles. The number of rotatable bonds is 32. The van der Waals surface area contributed by atoms with E-state index in [0.717, 1.165) is 87.7 Å². The summed E-state index contributed by atoms with van der Waals surface area (Å²) in [5.41, 5.74) is 2.66. The minimum absolute atomic E-state index is 0.0473. The Morgan fingerprint density at radius 2 is 1.54 bits per heavy atom. The molecule has 0 amide bonds. The number of fused-ring (bicyclic) bond motifs is 5. The van der Waals surface area contributed by atoms with Crippen LogP contribution in [0.2, 0.25) is 0 Å². The Balaban J connectivity index is 0.925. The lowest BCUT2D eigenvalue weighted by molar-refractivity contribution is -0.0812. The summed E-state index contributed by atoms with van der Waals surface area (Å²) in [5, 5.41) is 0. The van der Waals surface area contributed by atoms with Gasteiger partial charge in [0, 0.05) is 25.7 Å². The van der Waals surface area contributed by atoms with E-state index in [1.807, 2.05) is 0 Å². The molecule has 0 spiro atoms. The molecule has 3 saturated carbocycles. The normalized spacial score (nSPS) is 31.1. The second-order valence-corrected chi connectivity index (χ2v) is 22.2. The van der Waals surface area contributed by atoms with Crippen molar-refractivity contribution in [3.63, 3.8) is 0 Å². The Hall–Kier alpha value is -1.02. The molecule has 0 aromatic heterocycles. The average molecular weight is 880 g/mol. The molecular weight excluding hydrogens is 779 g/mol. The highest BCUT2D eigenvalue weighted by molar-refractivity contribution is 5.25. The lowest BCUT2D eigenvalue weighted by Gasteiger charge is -2.58. The smallest absolute Gasteiger partial charge is 0.0936 e. The minimum atomic E-state index is 0.0473. The van der Waals surface area contributed by atoms with Crippen molar-refractivity contribution in [1.82, 2.24) is 4.90 Å². The highest BCUT2D eigenvalue weighted by Crippen LogP contribution is 2.67. The van der Waals surface area contributed by atoms with Crippen LogP contribution >= 0.6 is 0 Å². The van der Waals surface area contributed by atoms with Gasteiger partial charge in [0.05, 0.1) is 58.5 Å². The molecule has 1 aliphatic heterocycles. The Morgan fingerprint density at radius 1 is 0.778 bits per heavy atom. The number of hydrogen-bond donors (Lipinski definition) is 0. The maximum atomic E-state index is 6.52. The van der Waals surface area contributed by atoms with E-state index in [2.05, 4.69) is 83.7 Å². The van der Waals surface area contributed by atoms with Gasteiger partial charge in [0.15, 0.2) is 0 Å². The average Bonchev–Trinajstić information content (AvgIpc) is 3.63. The molecule has 4 fully saturated rings. The third-order valence-electron chi connectivity index (χ3n) is 17.2. The Kier molecular flexibility index (Phi) is 24.4. The van der Waals surface area contributed by atoms with E-state index in [-0.39, 0.29) is 6.10 Å². The van der Waals surface area contributed by atoms with E-state index < -0.39 is 0 Å². The first-order valence-corrected chi connectivity index (χ1v) is 27.4. The second kappa shape index (κ2) is 29.0. The first-order chi connectivity index (χ1) is 30.7. The fourth-order valence-electron chi connectivity index (χ4n) is 13.3. The Bertz CT molecular complexity index is 1310. The summed E-state index contributed by atoms with van der Waals surface area (Å²) in [5.74, 6) is 5.33. The molecule has 1 unspecified atom stereocenters. The van der Waals surface area contributed by atoms with Crippen molar-refractivity contribution >= 4 is 0 Å². The van der Waals surface area contributed by atoms with Crippen molar-refractivity contribution < 1.29 is 23.7 Å². The minimum Gasteiger partial charge on any atom is -0.379 e. The molecule has 364 valence electrons. The summed E-state index contributed by atoms with van der Waals surface area (Å²) in [4.78, 5) is 2.50. The number of hydrogen-bond acceptors (Lipinski definition) is 6. The van der Waals surface area contributed by atoms with Crippen LogP contribution in [0.15, 0.2) is 36.0 Å². The van der Waals surface area contributed by atoms with Crippen LogP contribution in [0, 0.1) is 46.3 Å². The van der Waals surface area contributed by atoms with Gasteiger partial charge in [0.25, 0.3) is 0 Å². The highest BCUT2D eigenvalue weighted by Gasteiger charge is 2.59. The second-order valence-electron chi connectivity index (χ2n) is 22.2. The van der Waals surface area contributed by atoms with Gasteiger partial charge in [-0.25, -0.2) is 0 Å². The van der Waals surface area contributed by atoms with Gasteiger partial charge in [0.1, 0.15) is 0 Å². The van der Waals surface area contributed by atoms with E-state index in [1.54, 1.807) is 5.57 Å². The van der Waals surface area contributed by atoms with Crippen molar-refractivity contribution in [3.05, 3.63) is 36.0 Å². The first-order valence-electron chi connectivity index (χ1n) is 27.4. The largest absolute Gasteiger partial charge is 0.379 e. The van der Waals surface area contributed by atoms with Crippen LogP contribution < -0.4 is 0 Å². The molecule has 5 aliphatic rings. The molecule has 63 heavy (non-hydrogen) atoms. The lowest BCUT2D eigenvalue weighted by Crippen LogP contribution is -2.51. The topological polar surface area (TPSA) is 49.4 Å². The molecule has 0 N–H and O–H groups in total. The predicted molar refractivity (Wildman–Crippen MR) is 265 cm³/mol. The Morgan fingerprint density at radius 3 is 2.32 bits per heavy atom. The SMILES string of the molecule is CCCCCC=CCC=CCCCCCCCCOC[C@H](CN1CCOC[C@@H]1C)OCCOCCO[C@H]1CC[C@@]2(C)C(=CCC3[C@@H]4CC[C@H]([C@H](C)CCCC(C)C)[C@@]4(C)CC[C@@H]32)C1. The number of allylic oxidation sites excluding steroid dienone is 5. The van der Waals surface area contributed by atoms with Gasteiger partial charge in [-0.2, -0.15) is 0 Å². The maximum absolute atomic E-state index is 6.52. The van der Waals surface area contributed by atoms with Gasteiger partial charge in [-0.15, -0.1) is 0 Å².